The molecule has 0 bridgehead atoms. The van der Waals surface area contributed by atoms with Crippen molar-refractivity contribution in [3.05, 3.63) is 72.2 Å². The van der Waals surface area contributed by atoms with Crippen molar-refractivity contribution in [3.63, 3.8) is 0 Å². The van der Waals surface area contributed by atoms with E-state index >= 15 is 0 Å². The topological polar surface area (TPSA) is 121 Å². The van der Waals surface area contributed by atoms with Crippen LogP contribution in [0.25, 0.3) is 17.0 Å². The van der Waals surface area contributed by atoms with Crippen LogP contribution < -0.4 is 11.5 Å². The predicted octanol–water partition coefficient (Wildman–Crippen LogP) is 3.06. The monoisotopic (exact) mass is 391 g/mol. The molecule has 2 heterocycles. The zero-order chi connectivity index (χ0) is 21.0. The van der Waals surface area contributed by atoms with Crippen molar-refractivity contribution in [2.24, 2.45) is 29.4 Å². The average Bonchev–Trinajstić information content (AvgIpc) is 3.32. The first-order chi connectivity index (χ1) is 13.9. The van der Waals surface area contributed by atoms with Gasteiger partial charge < -0.3 is 16.0 Å². The maximum atomic E-state index is 5.72. The Labute approximate surface area is 169 Å². The Morgan fingerprint density at radius 2 is 2.00 bits per heavy atom. The molecule has 29 heavy (non-hydrogen) atoms. The fraction of sp³-hybridized carbons (Fsp3) is 0.238. The van der Waals surface area contributed by atoms with Gasteiger partial charge >= 0.3 is 0 Å². The van der Waals surface area contributed by atoms with E-state index in [0.717, 1.165) is 22.3 Å². The van der Waals surface area contributed by atoms with Crippen molar-refractivity contribution in [2.75, 3.05) is 0 Å². The highest BCUT2D eigenvalue weighted by Gasteiger charge is 2.24. The molecule has 0 amide bonds. The van der Waals surface area contributed by atoms with E-state index in [1.807, 2.05) is 37.5 Å². The van der Waals surface area contributed by atoms with Gasteiger partial charge in [0.15, 0.2) is 5.82 Å². The van der Waals surface area contributed by atoms with Gasteiger partial charge in [0.25, 0.3) is 5.89 Å². The Balaban J connectivity index is 1.88. The maximum absolute atomic E-state index is 5.72. The number of aromatic nitrogens is 4. The van der Waals surface area contributed by atoms with Crippen molar-refractivity contribution in [1.29, 1.82) is 0 Å². The third kappa shape index (κ3) is 4.60. The molecule has 0 fully saturated rings. The molecule has 0 saturated carbocycles. The van der Waals surface area contributed by atoms with Crippen LogP contribution in [0.3, 0.4) is 0 Å². The standard InChI is InChI=1S/C21H25N7O/c1-13(2)19(20-26-21(29-27-20)18-11-25-28(4)12-18)16-7-5-15(6-8-16)17(9-22)10-24-14(3)23/h5-13,19H,3,22-23H2,1-2,4H3/b17-9+,24-10?. The Morgan fingerprint density at radius 3 is 2.55 bits per heavy atom. The Bertz CT molecular complexity index is 1040. The van der Waals surface area contributed by atoms with Crippen LogP contribution in [0.15, 0.2) is 64.8 Å². The molecule has 1 unspecified atom stereocenters. The summed E-state index contributed by atoms with van der Waals surface area (Å²) in [7, 11) is 1.84. The average molecular weight is 391 g/mol. The second-order valence-corrected chi connectivity index (χ2v) is 7.08. The molecule has 0 radical (unpaired) electrons. The van der Waals surface area contributed by atoms with Crippen LogP contribution in [-0.4, -0.2) is 26.1 Å². The van der Waals surface area contributed by atoms with Crippen molar-refractivity contribution in [1.82, 2.24) is 19.9 Å². The third-order valence-electron chi connectivity index (χ3n) is 4.49. The molecule has 2 aromatic heterocycles. The first-order valence-electron chi connectivity index (χ1n) is 9.22. The zero-order valence-electron chi connectivity index (χ0n) is 16.8. The molecule has 0 aliphatic rings. The van der Waals surface area contributed by atoms with E-state index in [9.17, 15) is 0 Å². The van der Waals surface area contributed by atoms with Crippen molar-refractivity contribution >= 4 is 11.8 Å². The third-order valence-corrected chi connectivity index (χ3v) is 4.49. The number of benzene rings is 1. The van der Waals surface area contributed by atoms with Crippen LogP contribution in [0.2, 0.25) is 0 Å². The van der Waals surface area contributed by atoms with Crippen LogP contribution in [-0.2, 0) is 7.05 Å². The quantitative estimate of drug-likeness (QED) is 0.597. The van der Waals surface area contributed by atoms with Gasteiger partial charge in [0.1, 0.15) is 5.82 Å². The summed E-state index contributed by atoms with van der Waals surface area (Å²) in [5.41, 5.74) is 14.8. The smallest absolute Gasteiger partial charge is 0.261 e. The number of nitrogens with zero attached hydrogens (tertiary/aromatic N) is 5. The molecule has 3 rings (SSSR count). The molecule has 0 spiro atoms. The van der Waals surface area contributed by atoms with Gasteiger partial charge in [-0.3, -0.25) is 4.68 Å². The molecule has 3 aromatic rings. The Hall–Kier alpha value is -3.68. The number of allylic oxidation sites excluding steroid dienone is 1. The van der Waals surface area contributed by atoms with Crippen molar-refractivity contribution < 1.29 is 4.52 Å². The summed E-state index contributed by atoms with van der Waals surface area (Å²) in [5.74, 6) is 1.58. The number of nitrogens with two attached hydrogens (primary N) is 2. The molecule has 0 aliphatic carbocycles. The molecule has 0 aliphatic heterocycles. The molecular weight excluding hydrogens is 366 g/mol. The number of aliphatic imine (C=N–C) groups is 1. The lowest BCUT2D eigenvalue weighted by atomic mass is 9.87. The van der Waals surface area contributed by atoms with Crippen molar-refractivity contribution in [3.8, 4) is 11.5 Å². The van der Waals surface area contributed by atoms with E-state index in [4.69, 9.17) is 16.0 Å². The summed E-state index contributed by atoms with van der Waals surface area (Å²) in [6, 6.07) is 8.04. The molecule has 1 atom stereocenters. The normalized spacial score (nSPS) is 13.3. The van der Waals surface area contributed by atoms with E-state index in [-0.39, 0.29) is 17.7 Å². The predicted molar refractivity (Wildman–Crippen MR) is 114 cm³/mol. The lowest BCUT2D eigenvalue weighted by molar-refractivity contribution is 0.409. The Kier molecular flexibility index (Phi) is 5.92. The van der Waals surface area contributed by atoms with Crippen LogP contribution in [0.4, 0.5) is 0 Å². The Morgan fingerprint density at radius 1 is 1.28 bits per heavy atom. The van der Waals surface area contributed by atoms with Crippen LogP contribution >= 0.6 is 0 Å². The van der Waals surface area contributed by atoms with Gasteiger partial charge in [-0.2, -0.15) is 10.1 Å². The fourth-order valence-electron chi connectivity index (χ4n) is 3.09. The lowest BCUT2D eigenvalue weighted by Crippen LogP contribution is -2.10. The zero-order valence-corrected chi connectivity index (χ0v) is 16.8. The summed E-state index contributed by atoms with van der Waals surface area (Å²) in [6.45, 7) is 7.81. The second kappa shape index (κ2) is 8.55. The van der Waals surface area contributed by atoms with Crippen LogP contribution in [0, 0.1) is 5.92 Å². The first kappa shape index (κ1) is 20.1. The van der Waals surface area contributed by atoms with Gasteiger partial charge in [0, 0.05) is 37.2 Å². The van der Waals surface area contributed by atoms with Gasteiger partial charge in [0.05, 0.1) is 11.8 Å². The number of aryl methyl sites for hydroxylation is 1. The number of hydrogen-bond donors (Lipinski definition) is 2. The number of hydrogen-bond acceptors (Lipinski definition) is 7. The summed E-state index contributed by atoms with van der Waals surface area (Å²) in [4.78, 5) is 8.62. The lowest BCUT2D eigenvalue weighted by Gasteiger charge is -2.18. The molecule has 4 N–H and O–H groups in total. The van der Waals surface area contributed by atoms with E-state index in [1.54, 1.807) is 17.1 Å². The van der Waals surface area contributed by atoms with Gasteiger partial charge in [-0.25, -0.2) is 4.99 Å². The molecule has 8 nitrogen and oxygen atoms in total. The molecule has 1 aromatic carbocycles. The second-order valence-electron chi connectivity index (χ2n) is 7.08. The van der Waals surface area contributed by atoms with E-state index in [1.165, 1.54) is 6.20 Å². The highest BCUT2D eigenvalue weighted by atomic mass is 16.5. The minimum Gasteiger partial charge on any atom is -0.404 e. The summed E-state index contributed by atoms with van der Waals surface area (Å²) in [6.07, 6.45) is 6.63. The fourth-order valence-corrected chi connectivity index (χ4v) is 3.09. The highest BCUT2D eigenvalue weighted by Crippen LogP contribution is 2.32. The molecule has 150 valence electrons. The molecular formula is C21H25N7O. The van der Waals surface area contributed by atoms with Gasteiger partial charge in [-0.05, 0) is 17.0 Å². The van der Waals surface area contributed by atoms with Crippen molar-refractivity contribution in [2.45, 2.75) is 19.8 Å². The van der Waals surface area contributed by atoms with Gasteiger partial charge in [0.2, 0.25) is 0 Å². The maximum Gasteiger partial charge on any atom is 0.261 e. The summed E-state index contributed by atoms with van der Waals surface area (Å²) < 4.78 is 7.17. The van der Waals surface area contributed by atoms with Crippen LogP contribution in [0.5, 0.6) is 0 Å². The summed E-state index contributed by atoms with van der Waals surface area (Å²) in [5, 5.41) is 8.37. The molecule has 8 heteroatoms. The first-order valence-corrected chi connectivity index (χ1v) is 9.22. The van der Waals surface area contributed by atoms with E-state index < -0.39 is 0 Å². The van der Waals surface area contributed by atoms with E-state index in [0.29, 0.717) is 11.7 Å². The van der Waals surface area contributed by atoms with Gasteiger partial charge in [-0.15, -0.1) is 0 Å². The van der Waals surface area contributed by atoms with Crippen LogP contribution in [0.1, 0.15) is 36.7 Å². The minimum atomic E-state index is -0.0129. The number of rotatable bonds is 7. The highest BCUT2D eigenvalue weighted by molar-refractivity contribution is 6.09. The SMILES string of the molecule is C=C(N)N=C/C(=C\N)c1ccc(C(c2noc(-c3cnn(C)c3)n2)C(C)C)cc1. The van der Waals surface area contributed by atoms with Gasteiger partial charge in [-0.1, -0.05) is 49.8 Å². The van der Waals surface area contributed by atoms with E-state index in [2.05, 4.69) is 40.7 Å². The summed E-state index contributed by atoms with van der Waals surface area (Å²) >= 11 is 0. The minimum absolute atomic E-state index is 0.0129. The molecule has 0 saturated heterocycles. The largest absolute Gasteiger partial charge is 0.404 e.